The van der Waals surface area contributed by atoms with Crippen LogP contribution in [-0.4, -0.2) is 67.8 Å². The van der Waals surface area contributed by atoms with Gasteiger partial charge in [0.1, 0.15) is 5.88 Å². The second-order valence-corrected chi connectivity index (χ2v) is 5.88. The Balaban J connectivity index is 1.99. The number of carbonyl (C=O) groups excluding carboxylic acids is 4. The molecule has 2 rings (SSSR count). The van der Waals surface area contributed by atoms with Crippen molar-refractivity contribution >= 4 is 35.2 Å². The van der Waals surface area contributed by atoms with Gasteiger partial charge in [0, 0.05) is 38.9 Å². The van der Waals surface area contributed by atoms with Gasteiger partial charge in [-0.15, -0.1) is 11.6 Å². The molecule has 1 aromatic carbocycles. The van der Waals surface area contributed by atoms with Gasteiger partial charge in [0.25, 0.3) is 17.7 Å². The molecule has 0 aliphatic carbocycles. The topological polar surface area (TPSA) is 105 Å². The highest BCUT2D eigenvalue weighted by Crippen LogP contribution is 2.24. The molecule has 0 atom stereocenters. The molecular formula is C17H20ClN3O5. The maximum absolute atomic E-state index is 12.4. The van der Waals surface area contributed by atoms with Crippen molar-refractivity contribution in [3.05, 3.63) is 34.9 Å². The third-order valence-corrected chi connectivity index (χ3v) is 4.06. The van der Waals surface area contributed by atoms with Crippen molar-refractivity contribution in [2.24, 2.45) is 0 Å². The number of alkyl halides is 1. The molecule has 26 heavy (non-hydrogen) atoms. The third kappa shape index (κ3) is 4.59. The fourth-order valence-electron chi connectivity index (χ4n) is 2.53. The van der Waals surface area contributed by atoms with Crippen molar-refractivity contribution < 1.29 is 23.9 Å². The van der Waals surface area contributed by atoms with Crippen molar-refractivity contribution in [3.8, 4) is 0 Å². The van der Waals surface area contributed by atoms with Gasteiger partial charge < -0.3 is 15.4 Å². The molecule has 1 aliphatic rings. The minimum atomic E-state index is -0.412. The van der Waals surface area contributed by atoms with E-state index in [1.807, 2.05) is 0 Å². The Kier molecular flexibility index (Phi) is 7.11. The van der Waals surface area contributed by atoms with Crippen LogP contribution in [0.15, 0.2) is 18.2 Å². The Bertz CT molecular complexity index is 722. The number of amides is 4. The van der Waals surface area contributed by atoms with Gasteiger partial charge >= 0.3 is 0 Å². The molecule has 0 saturated heterocycles. The zero-order valence-corrected chi connectivity index (χ0v) is 15.1. The smallest absolute Gasteiger partial charge is 0.261 e. The number of ether oxygens (including phenoxy) is 1. The molecule has 1 aromatic rings. The highest BCUT2D eigenvalue weighted by Gasteiger charge is 2.35. The molecule has 0 fully saturated rings. The van der Waals surface area contributed by atoms with Crippen LogP contribution in [0, 0.1) is 0 Å². The Morgan fingerprint density at radius 1 is 1.12 bits per heavy atom. The lowest BCUT2D eigenvalue weighted by Crippen LogP contribution is -2.35. The predicted molar refractivity (Wildman–Crippen MR) is 94.4 cm³/mol. The Labute approximate surface area is 155 Å². The van der Waals surface area contributed by atoms with Crippen LogP contribution in [0.3, 0.4) is 0 Å². The van der Waals surface area contributed by atoms with Crippen molar-refractivity contribution in [2.45, 2.75) is 6.42 Å². The van der Waals surface area contributed by atoms with Crippen LogP contribution in [0.1, 0.15) is 37.5 Å². The highest BCUT2D eigenvalue weighted by atomic mass is 35.5. The summed E-state index contributed by atoms with van der Waals surface area (Å²) >= 11 is 5.35. The monoisotopic (exact) mass is 381 g/mol. The van der Waals surface area contributed by atoms with E-state index in [-0.39, 0.29) is 48.5 Å². The number of nitrogens with zero attached hydrogens (tertiary/aromatic N) is 1. The molecule has 0 spiro atoms. The molecule has 2 N–H and O–H groups in total. The van der Waals surface area contributed by atoms with E-state index in [2.05, 4.69) is 10.6 Å². The number of fused-ring (bicyclic) bond motifs is 1. The van der Waals surface area contributed by atoms with E-state index in [9.17, 15) is 19.2 Å². The van der Waals surface area contributed by atoms with Crippen LogP contribution >= 0.6 is 11.6 Å². The molecule has 1 heterocycles. The van der Waals surface area contributed by atoms with Crippen molar-refractivity contribution in [1.82, 2.24) is 15.5 Å². The summed E-state index contributed by atoms with van der Waals surface area (Å²) < 4.78 is 4.93. The van der Waals surface area contributed by atoms with Gasteiger partial charge in [-0.05, 0) is 24.6 Å². The van der Waals surface area contributed by atoms with E-state index in [0.29, 0.717) is 18.6 Å². The number of nitrogens with one attached hydrogen (secondary N) is 2. The molecule has 0 unspecified atom stereocenters. The number of imide groups is 1. The number of methoxy groups -OCH3 is 1. The van der Waals surface area contributed by atoms with Gasteiger partial charge in [-0.3, -0.25) is 24.1 Å². The third-order valence-electron chi connectivity index (χ3n) is 3.82. The van der Waals surface area contributed by atoms with Crippen LogP contribution in [0.2, 0.25) is 0 Å². The quantitative estimate of drug-likeness (QED) is 0.366. The first-order valence-electron chi connectivity index (χ1n) is 8.09. The summed E-state index contributed by atoms with van der Waals surface area (Å²) in [5.74, 6) is -1.64. The SMILES string of the molecule is COCCCN1C(=O)c2ccc(C(=O)NCCNC(=O)CCl)cc2C1=O. The van der Waals surface area contributed by atoms with Crippen LogP contribution in [-0.2, 0) is 9.53 Å². The van der Waals surface area contributed by atoms with Crippen molar-refractivity contribution in [2.75, 3.05) is 39.2 Å². The van der Waals surface area contributed by atoms with E-state index >= 15 is 0 Å². The minimum absolute atomic E-state index is 0.143. The van der Waals surface area contributed by atoms with Crippen molar-refractivity contribution in [3.63, 3.8) is 0 Å². The van der Waals surface area contributed by atoms with Gasteiger partial charge in [-0.2, -0.15) is 0 Å². The number of halogens is 1. The van der Waals surface area contributed by atoms with E-state index in [1.54, 1.807) is 7.11 Å². The largest absolute Gasteiger partial charge is 0.385 e. The minimum Gasteiger partial charge on any atom is -0.385 e. The summed E-state index contributed by atoms with van der Waals surface area (Å²) in [4.78, 5) is 49.0. The lowest BCUT2D eigenvalue weighted by molar-refractivity contribution is -0.118. The van der Waals surface area contributed by atoms with Gasteiger partial charge in [0.05, 0.1) is 11.1 Å². The zero-order valence-electron chi connectivity index (χ0n) is 14.3. The first-order valence-corrected chi connectivity index (χ1v) is 8.63. The summed E-state index contributed by atoms with van der Waals surface area (Å²) in [7, 11) is 1.55. The van der Waals surface area contributed by atoms with E-state index in [0.717, 1.165) is 4.90 Å². The number of hydrogen-bond donors (Lipinski definition) is 2. The summed E-state index contributed by atoms with van der Waals surface area (Å²) in [6, 6.07) is 4.39. The molecule has 4 amide bonds. The normalized spacial score (nSPS) is 12.9. The molecule has 140 valence electrons. The van der Waals surface area contributed by atoms with Gasteiger partial charge in [-0.25, -0.2) is 0 Å². The summed E-state index contributed by atoms with van der Waals surface area (Å²) in [5, 5.41) is 5.15. The van der Waals surface area contributed by atoms with E-state index in [1.165, 1.54) is 18.2 Å². The molecular weight excluding hydrogens is 362 g/mol. The second kappa shape index (κ2) is 9.30. The van der Waals surface area contributed by atoms with Crippen LogP contribution in [0.4, 0.5) is 0 Å². The number of benzene rings is 1. The number of carbonyl (C=O) groups is 4. The summed E-state index contributed by atoms with van der Waals surface area (Å²) in [5.41, 5.74) is 0.779. The maximum atomic E-state index is 12.4. The summed E-state index contributed by atoms with van der Waals surface area (Å²) in [6.07, 6.45) is 0.545. The fourth-order valence-corrected chi connectivity index (χ4v) is 2.62. The fraction of sp³-hybridized carbons (Fsp3) is 0.412. The van der Waals surface area contributed by atoms with Gasteiger partial charge in [0.15, 0.2) is 0 Å². The Hall–Kier alpha value is -2.45. The van der Waals surface area contributed by atoms with Gasteiger partial charge in [-0.1, -0.05) is 0 Å². The van der Waals surface area contributed by atoms with E-state index in [4.69, 9.17) is 16.3 Å². The maximum Gasteiger partial charge on any atom is 0.261 e. The molecule has 0 saturated carbocycles. The molecule has 0 aromatic heterocycles. The highest BCUT2D eigenvalue weighted by molar-refractivity contribution is 6.27. The standard InChI is InChI=1S/C17H20ClN3O5/c1-26-8-2-7-21-16(24)12-4-3-11(9-13(12)17(21)25)15(23)20-6-5-19-14(22)10-18/h3-4,9H,2,5-8,10H2,1H3,(H,19,22)(H,20,23). The Morgan fingerprint density at radius 2 is 1.81 bits per heavy atom. The molecule has 8 nitrogen and oxygen atoms in total. The molecule has 1 aliphatic heterocycles. The molecule has 0 radical (unpaired) electrons. The average molecular weight is 382 g/mol. The predicted octanol–water partition coefficient (Wildman–Crippen LogP) is 0.404. The second-order valence-electron chi connectivity index (χ2n) is 5.61. The first kappa shape index (κ1) is 19.9. The molecule has 0 bridgehead atoms. The summed E-state index contributed by atoms with van der Waals surface area (Å²) in [6.45, 7) is 1.17. The lowest BCUT2D eigenvalue weighted by Gasteiger charge is -2.12. The van der Waals surface area contributed by atoms with Crippen LogP contribution < -0.4 is 10.6 Å². The number of rotatable bonds is 9. The van der Waals surface area contributed by atoms with Crippen molar-refractivity contribution in [1.29, 1.82) is 0 Å². The van der Waals surface area contributed by atoms with Crippen LogP contribution in [0.5, 0.6) is 0 Å². The zero-order chi connectivity index (χ0) is 19.1. The number of hydrogen-bond acceptors (Lipinski definition) is 5. The average Bonchev–Trinajstić information content (AvgIpc) is 2.89. The van der Waals surface area contributed by atoms with Crippen LogP contribution in [0.25, 0.3) is 0 Å². The Morgan fingerprint density at radius 3 is 2.50 bits per heavy atom. The molecule has 9 heteroatoms. The lowest BCUT2D eigenvalue weighted by atomic mass is 10.1. The van der Waals surface area contributed by atoms with E-state index < -0.39 is 11.8 Å². The first-order chi connectivity index (χ1) is 12.5. The van der Waals surface area contributed by atoms with Gasteiger partial charge in [0.2, 0.25) is 5.91 Å².